The number of hydrogen-bond donors (Lipinski definition) is 0. The fourth-order valence-corrected chi connectivity index (χ4v) is 4.16. The molecule has 0 radical (unpaired) electrons. The van der Waals surface area contributed by atoms with Crippen LogP contribution in [0.5, 0.6) is 5.75 Å². The molecule has 1 fully saturated rings. The Balaban J connectivity index is 2.01. The molecule has 0 N–H and O–H groups in total. The highest BCUT2D eigenvalue weighted by Gasteiger charge is 2.28. The van der Waals surface area contributed by atoms with Crippen molar-refractivity contribution in [1.29, 1.82) is 0 Å². The molecule has 0 bridgehead atoms. The first-order valence-corrected chi connectivity index (χ1v) is 10.0. The van der Waals surface area contributed by atoms with Crippen molar-refractivity contribution in [3.63, 3.8) is 0 Å². The van der Waals surface area contributed by atoms with Crippen molar-refractivity contribution in [3.8, 4) is 5.75 Å². The van der Waals surface area contributed by atoms with E-state index in [0.29, 0.717) is 52.2 Å². The maximum absolute atomic E-state index is 12.8. The van der Waals surface area contributed by atoms with Crippen LogP contribution in [0.25, 0.3) is 0 Å². The van der Waals surface area contributed by atoms with Crippen molar-refractivity contribution in [2.75, 3.05) is 7.11 Å². The van der Waals surface area contributed by atoms with Crippen molar-refractivity contribution in [2.24, 2.45) is 10.9 Å². The van der Waals surface area contributed by atoms with Gasteiger partial charge in [0.2, 0.25) is 0 Å². The van der Waals surface area contributed by atoms with Gasteiger partial charge in [0.05, 0.1) is 12.7 Å². The number of methoxy groups -OCH3 is 1. The topological polar surface area (TPSA) is 60.7 Å². The van der Waals surface area contributed by atoms with Crippen LogP contribution in [0.4, 0.5) is 0 Å². The second-order valence-corrected chi connectivity index (χ2v) is 9.30. The van der Waals surface area contributed by atoms with Crippen LogP contribution in [0, 0.1) is 5.92 Å². The first-order valence-electron chi connectivity index (χ1n) is 8.82. The number of ketones is 1. The number of thiazole rings is 1. The summed E-state index contributed by atoms with van der Waals surface area (Å²) in [6.07, 6.45) is 3.25. The number of hydrogen-bond acceptors (Lipinski definition) is 4. The first-order chi connectivity index (χ1) is 12.7. The molecule has 144 valence electrons. The van der Waals surface area contributed by atoms with Crippen molar-refractivity contribution < 1.29 is 14.3 Å². The van der Waals surface area contributed by atoms with Gasteiger partial charge in [-0.2, -0.15) is 4.99 Å². The molecule has 27 heavy (non-hydrogen) atoms. The molecule has 1 saturated carbocycles. The summed E-state index contributed by atoms with van der Waals surface area (Å²) in [7, 11) is 1.51. The molecule has 1 aromatic carbocycles. The standard InChI is InChI=1S/C20H23ClN2O3S/c1-20(2,3)17-11-23(10-12-7-14(24)8-12)19(27-17)22-18(25)15-9-13(21)5-6-16(15)26-4/h5-6,9,11-12H,7-8,10H2,1-4H3. The van der Waals surface area contributed by atoms with Gasteiger partial charge >= 0.3 is 0 Å². The minimum absolute atomic E-state index is 0.0492. The smallest absolute Gasteiger partial charge is 0.283 e. The first kappa shape index (κ1) is 19.8. The molecule has 0 aliphatic heterocycles. The lowest BCUT2D eigenvalue weighted by molar-refractivity contribution is -0.127. The molecule has 3 rings (SSSR count). The van der Waals surface area contributed by atoms with E-state index in [2.05, 4.69) is 32.0 Å². The maximum atomic E-state index is 12.8. The lowest BCUT2D eigenvalue weighted by atomic mass is 9.84. The zero-order valence-corrected chi connectivity index (χ0v) is 17.5. The summed E-state index contributed by atoms with van der Waals surface area (Å²) in [5.41, 5.74) is 0.285. The molecule has 0 spiro atoms. The number of ether oxygens (including phenoxy) is 1. The number of carbonyl (C=O) groups is 2. The molecule has 0 saturated heterocycles. The van der Waals surface area contributed by atoms with E-state index in [-0.39, 0.29) is 5.41 Å². The van der Waals surface area contributed by atoms with E-state index >= 15 is 0 Å². The summed E-state index contributed by atoms with van der Waals surface area (Å²) in [6, 6.07) is 4.90. The fourth-order valence-electron chi connectivity index (χ4n) is 2.93. The Bertz CT molecular complexity index is 945. The molecule has 1 aliphatic rings. The highest BCUT2D eigenvalue weighted by Crippen LogP contribution is 2.28. The van der Waals surface area contributed by atoms with E-state index in [4.69, 9.17) is 16.3 Å². The Hall–Kier alpha value is -1.92. The van der Waals surface area contributed by atoms with E-state index in [1.165, 1.54) is 18.4 Å². The van der Waals surface area contributed by atoms with Gasteiger partial charge in [-0.3, -0.25) is 9.59 Å². The monoisotopic (exact) mass is 406 g/mol. The molecular formula is C20H23ClN2O3S. The van der Waals surface area contributed by atoms with E-state index in [0.717, 1.165) is 4.88 Å². The van der Waals surface area contributed by atoms with Crippen LogP contribution in [-0.4, -0.2) is 23.4 Å². The Morgan fingerprint density at radius 3 is 2.67 bits per heavy atom. The average Bonchev–Trinajstić information content (AvgIpc) is 2.96. The van der Waals surface area contributed by atoms with Crippen LogP contribution in [0.15, 0.2) is 29.4 Å². The summed E-state index contributed by atoms with van der Waals surface area (Å²) in [6.45, 7) is 7.07. The molecular weight excluding hydrogens is 384 g/mol. The Kier molecular flexibility index (Phi) is 5.58. The minimum atomic E-state index is -0.393. The third-order valence-corrected chi connectivity index (χ3v) is 6.22. The van der Waals surface area contributed by atoms with Gasteiger partial charge in [-0.1, -0.05) is 32.4 Å². The second kappa shape index (κ2) is 7.60. The Morgan fingerprint density at radius 1 is 1.37 bits per heavy atom. The maximum Gasteiger partial charge on any atom is 0.283 e. The van der Waals surface area contributed by atoms with Crippen molar-refractivity contribution in [1.82, 2.24) is 4.57 Å². The highest BCUT2D eigenvalue weighted by atomic mass is 35.5. The SMILES string of the molecule is COc1ccc(Cl)cc1C(=O)N=c1sc(C(C)(C)C)cn1CC1CC(=O)C1. The fraction of sp³-hybridized carbons (Fsp3) is 0.450. The Morgan fingerprint density at radius 2 is 2.07 bits per heavy atom. The number of nitrogens with zero attached hydrogens (tertiary/aromatic N) is 2. The van der Waals surface area contributed by atoms with Gasteiger partial charge in [0, 0.05) is 35.5 Å². The minimum Gasteiger partial charge on any atom is -0.496 e. The number of Topliss-reactive ketones (excluding diaryl/α,β-unsaturated/α-hetero) is 1. The summed E-state index contributed by atoms with van der Waals surface area (Å²) >= 11 is 7.54. The quantitative estimate of drug-likeness (QED) is 0.763. The lowest BCUT2D eigenvalue weighted by Crippen LogP contribution is -2.30. The molecule has 7 heteroatoms. The van der Waals surface area contributed by atoms with E-state index in [1.807, 2.05) is 4.57 Å². The summed E-state index contributed by atoms with van der Waals surface area (Å²) in [5.74, 6) is 0.659. The van der Waals surface area contributed by atoms with E-state index in [1.54, 1.807) is 18.2 Å². The number of amides is 1. The van der Waals surface area contributed by atoms with Crippen molar-refractivity contribution in [3.05, 3.63) is 44.7 Å². The highest BCUT2D eigenvalue weighted by molar-refractivity contribution is 7.09. The van der Waals surface area contributed by atoms with Crippen LogP contribution >= 0.6 is 22.9 Å². The number of rotatable bonds is 4. The lowest BCUT2D eigenvalue weighted by Gasteiger charge is -2.24. The van der Waals surface area contributed by atoms with Gasteiger partial charge < -0.3 is 9.30 Å². The van der Waals surface area contributed by atoms with Gasteiger partial charge in [-0.05, 0) is 29.5 Å². The van der Waals surface area contributed by atoms with Gasteiger partial charge in [0.15, 0.2) is 4.80 Å². The zero-order chi connectivity index (χ0) is 19.8. The molecule has 1 heterocycles. The van der Waals surface area contributed by atoms with Crippen molar-refractivity contribution in [2.45, 2.75) is 45.6 Å². The molecule has 5 nitrogen and oxygen atoms in total. The van der Waals surface area contributed by atoms with E-state index in [9.17, 15) is 9.59 Å². The Labute approximate surface area is 167 Å². The summed E-state index contributed by atoms with van der Waals surface area (Å²) < 4.78 is 7.27. The van der Waals surface area contributed by atoms with Gasteiger partial charge in [-0.15, -0.1) is 11.3 Å². The molecule has 1 amide bonds. The third kappa shape index (κ3) is 4.50. The number of benzene rings is 1. The average molecular weight is 407 g/mol. The predicted octanol–water partition coefficient (Wildman–Crippen LogP) is 4.23. The van der Waals surface area contributed by atoms with Crippen LogP contribution in [-0.2, 0) is 16.8 Å². The van der Waals surface area contributed by atoms with Gasteiger partial charge in [-0.25, -0.2) is 0 Å². The molecule has 1 aliphatic carbocycles. The third-order valence-electron chi connectivity index (χ3n) is 4.54. The van der Waals surface area contributed by atoms with Crippen LogP contribution in [0.2, 0.25) is 5.02 Å². The predicted molar refractivity (Wildman–Crippen MR) is 107 cm³/mol. The van der Waals surface area contributed by atoms with Gasteiger partial charge in [0.1, 0.15) is 11.5 Å². The summed E-state index contributed by atoms with van der Waals surface area (Å²) in [4.78, 5) is 30.2. The normalized spacial score (nSPS) is 15.7. The largest absolute Gasteiger partial charge is 0.496 e. The molecule has 0 atom stereocenters. The molecule has 0 unspecified atom stereocenters. The van der Waals surface area contributed by atoms with Crippen LogP contribution in [0.1, 0.15) is 48.8 Å². The van der Waals surface area contributed by atoms with Crippen molar-refractivity contribution >= 4 is 34.6 Å². The summed E-state index contributed by atoms with van der Waals surface area (Å²) in [5, 5.41) is 0.455. The van der Waals surface area contributed by atoms with Gasteiger partial charge in [0.25, 0.3) is 5.91 Å². The number of halogens is 1. The van der Waals surface area contributed by atoms with Crippen LogP contribution < -0.4 is 9.54 Å². The molecule has 1 aromatic heterocycles. The number of carbonyl (C=O) groups excluding carboxylic acids is 2. The number of aromatic nitrogens is 1. The molecule has 2 aromatic rings. The second-order valence-electron chi connectivity index (χ2n) is 7.85. The zero-order valence-electron chi connectivity index (χ0n) is 15.9. The van der Waals surface area contributed by atoms with Crippen LogP contribution in [0.3, 0.4) is 0 Å². The van der Waals surface area contributed by atoms with E-state index < -0.39 is 5.91 Å².